The largest absolute Gasteiger partial charge is 0.481 e. The maximum absolute atomic E-state index is 11.1. The van der Waals surface area contributed by atoms with Crippen LogP contribution in [0, 0.1) is 17.3 Å². The number of carboxylic acid groups (broad SMARTS) is 2. The molecule has 4 unspecified atom stereocenters. The van der Waals surface area contributed by atoms with E-state index in [0.29, 0.717) is 0 Å². The molecular formula is C9H10O4S. The van der Waals surface area contributed by atoms with E-state index in [1.54, 1.807) is 11.5 Å². The monoisotopic (exact) mass is 214 g/mol. The molecule has 0 saturated heterocycles. The van der Waals surface area contributed by atoms with Gasteiger partial charge in [-0.1, -0.05) is 6.08 Å². The first-order valence-electron chi connectivity index (χ1n) is 4.28. The van der Waals surface area contributed by atoms with Crippen molar-refractivity contribution in [1.29, 1.82) is 0 Å². The molecule has 2 rings (SSSR count). The van der Waals surface area contributed by atoms with Crippen molar-refractivity contribution in [1.82, 2.24) is 0 Å². The lowest BCUT2D eigenvalue weighted by molar-refractivity contribution is -0.174. The number of hydrogen-bond donors (Lipinski definition) is 2. The van der Waals surface area contributed by atoms with Crippen LogP contribution >= 0.6 is 11.8 Å². The summed E-state index contributed by atoms with van der Waals surface area (Å²) in [7, 11) is 0. The van der Waals surface area contributed by atoms with Crippen LogP contribution in [0.5, 0.6) is 0 Å². The predicted octanol–water partition coefficient (Wildman–Crippen LogP) is 1.04. The number of carbonyl (C=O) groups is 2. The maximum Gasteiger partial charge on any atom is 0.311 e. The summed E-state index contributed by atoms with van der Waals surface area (Å²) in [5, 5.41) is 19.7. The second-order valence-electron chi connectivity index (χ2n) is 3.87. The Labute approximate surface area is 85.0 Å². The van der Waals surface area contributed by atoms with Gasteiger partial charge in [0.1, 0.15) is 0 Å². The fourth-order valence-corrected chi connectivity index (χ4v) is 3.77. The molecule has 1 aliphatic heterocycles. The van der Waals surface area contributed by atoms with Crippen LogP contribution in [-0.2, 0) is 9.59 Å². The molecule has 14 heavy (non-hydrogen) atoms. The average Bonchev–Trinajstić information content (AvgIpc) is 2.46. The van der Waals surface area contributed by atoms with E-state index in [-0.39, 0.29) is 11.2 Å². The third-order valence-corrected chi connectivity index (χ3v) is 4.64. The number of carboxylic acids is 2. The lowest BCUT2D eigenvalue weighted by Gasteiger charge is -2.51. The van der Waals surface area contributed by atoms with Gasteiger partial charge in [-0.05, 0) is 12.3 Å². The van der Waals surface area contributed by atoms with Gasteiger partial charge in [-0.3, -0.25) is 9.59 Å². The second kappa shape index (κ2) is 2.76. The van der Waals surface area contributed by atoms with E-state index in [4.69, 9.17) is 10.2 Å². The molecule has 0 amide bonds. The minimum atomic E-state index is -1.12. The zero-order valence-electron chi connectivity index (χ0n) is 7.51. The number of fused-ring (bicyclic) bond motifs is 1. The fraction of sp³-hybridized carbons (Fsp3) is 0.556. The standard InChI is InChI=1S/C9H10O4S/c1-9(8(12)13)5(7(10)11)4-2-3-14-6(4)9/h2-6H,1H3,(H,10,11)(H,12,13). The Morgan fingerprint density at radius 3 is 2.57 bits per heavy atom. The fourth-order valence-electron chi connectivity index (χ4n) is 2.37. The Bertz CT molecular complexity index is 338. The van der Waals surface area contributed by atoms with Gasteiger partial charge in [-0.15, -0.1) is 11.8 Å². The Morgan fingerprint density at radius 2 is 2.07 bits per heavy atom. The summed E-state index contributed by atoms with van der Waals surface area (Å²) in [5.41, 5.74) is -1.12. The summed E-state index contributed by atoms with van der Waals surface area (Å²) in [6.07, 6.45) is 1.80. The Kier molecular flexibility index (Phi) is 1.89. The van der Waals surface area contributed by atoms with E-state index >= 15 is 0 Å². The van der Waals surface area contributed by atoms with Gasteiger partial charge >= 0.3 is 11.9 Å². The Balaban J connectivity index is 2.34. The highest BCUT2D eigenvalue weighted by atomic mass is 32.2. The van der Waals surface area contributed by atoms with Gasteiger partial charge in [-0.25, -0.2) is 0 Å². The highest BCUT2D eigenvalue weighted by Gasteiger charge is 2.67. The lowest BCUT2D eigenvalue weighted by atomic mass is 9.54. The van der Waals surface area contributed by atoms with Crippen LogP contribution in [0.15, 0.2) is 11.5 Å². The summed E-state index contributed by atoms with van der Waals surface area (Å²) in [4.78, 5) is 22.0. The molecule has 0 radical (unpaired) electrons. The molecule has 5 heteroatoms. The second-order valence-corrected chi connectivity index (χ2v) is 4.92. The quantitative estimate of drug-likeness (QED) is 0.718. The van der Waals surface area contributed by atoms with E-state index in [1.165, 1.54) is 18.7 Å². The van der Waals surface area contributed by atoms with Crippen LogP contribution in [0.1, 0.15) is 6.92 Å². The highest BCUT2D eigenvalue weighted by Crippen LogP contribution is 2.60. The van der Waals surface area contributed by atoms with Gasteiger partial charge in [0.15, 0.2) is 0 Å². The van der Waals surface area contributed by atoms with Gasteiger partial charge in [0.25, 0.3) is 0 Å². The van der Waals surface area contributed by atoms with Gasteiger partial charge in [0.05, 0.1) is 11.3 Å². The van der Waals surface area contributed by atoms with Gasteiger partial charge in [0.2, 0.25) is 0 Å². The predicted molar refractivity (Wildman–Crippen MR) is 50.9 cm³/mol. The smallest absolute Gasteiger partial charge is 0.311 e. The molecule has 1 saturated carbocycles. The molecule has 76 valence electrons. The number of aliphatic carboxylic acids is 2. The molecule has 0 aromatic heterocycles. The van der Waals surface area contributed by atoms with Crippen LogP contribution in [0.25, 0.3) is 0 Å². The SMILES string of the molecule is CC1(C(=O)O)C2SC=CC2C1C(=O)O. The van der Waals surface area contributed by atoms with Crippen molar-refractivity contribution in [3.05, 3.63) is 11.5 Å². The summed E-state index contributed by atoms with van der Waals surface area (Å²) in [6, 6.07) is 0. The number of hydrogen-bond acceptors (Lipinski definition) is 3. The molecule has 4 atom stereocenters. The summed E-state index contributed by atoms with van der Waals surface area (Å²) < 4.78 is 0. The van der Waals surface area contributed by atoms with Crippen molar-refractivity contribution in [2.75, 3.05) is 0 Å². The zero-order chi connectivity index (χ0) is 10.5. The van der Waals surface area contributed by atoms with Crippen LogP contribution in [0.2, 0.25) is 0 Å². The molecule has 2 N–H and O–H groups in total. The van der Waals surface area contributed by atoms with Gasteiger partial charge in [0, 0.05) is 11.2 Å². The topological polar surface area (TPSA) is 74.6 Å². The molecule has 4 nitrogen and oxygen atoms in total. The highest BCUT2D eigenvalue weighted by molar-refractivity contribution is 8.03. The van der Waals surface area contributed by atoms with E-state index in [2.05, 4.69) is 0 Å². The lowest BCUT2D eigenvalue weighted by Crippen LogP contribution is -2.62. The maximum atomic E-state index is 11.1. The third kappa shape index (κ3) is 0.904. The minimum absolute atomic E-state index is 0.110. The first-order chi connectivity index (χ1) is 6.49. The van der Waals surface area contributed by atoms with Crippen LogP contribution in [0.4, 0.5) is 0 Å². The van der Waals surface area contributed by atoms with Crippen molar-refractivity contribution >= 4 is 23.7 Å². The Hall–Kier alpha value is -0.970. The van der Waals surface area contributed by atoms with E-state index < -0.39 is 23.3 Å². The molecular weight excluding hydrogens is 204 g/mol. The van der Waals surface area contributed by atoms with E-state index in [0.717, 1.165) is 0 Å². The van der Waals surface area contributed by atoms with E-state index in [9.17, 15) is 9.59 Å². The van der Waals surface area contributed by atoms with Gasteiger partial charge in [-0.2, -0.15) is 0 Å². The zero-order valence-corrected chi connectivity index (χ0v) is 8.32. The third-order valence-electron chi connectivity index (χ3n) is 3.22. The first kappa shape index (κ1) is 9.58. The van der Waals surface area contributed by atoms with E-state index in [1.807, 2.05) is 0 Å². The molecule has 0 aromatic carbocycles. The van der Waals surface area contributed by atoms with Crippen LogP contribution < -0.4 is 0 Å². The first-order valence-corrected chi connectivity index (χ1v) is 5.22. The molecule has 0 bridgehead atoms. The number of thioether (sulfide) groups is 1. The molecule has 1 heterocycles. The van der Waals surface area contributed by atoms with Crippen molar-refractivity contribution < 1.29 is 19.8 Å². The molecule has 0 aromatic rings. The van der Waals surface area contributed by atoms with Gasteiger partial charge < -0.3 is 10.2 Å². The summed E-state index contributed by atoms with van der Waals surface area (Å²) in [5.74, 6) is -2.92. The molecule has 0 spiro atoms. The summed E-state index contributed by atoms with van der Waals surface area (Å²) in [6.45, 7) is 1.52. The Morgan fingerprint density at radius 1 is 1.43 bits per heavy atom. The normalized spacial score (nSPS) is 44.2. The average molecular weight is 214 g/mol. The van der Waals surface area contributed by atoms with Crippen molar-refractivity contribution in [2.24, 2.45) is 17.3 Å². The number of allylic oxidation sites excluding steroid dienone is 1. The van der Waals surface area contributed by atoms with Crippen molar-refractivity contribution in [2.45, 2.75) is 12.2 Å². The van der Waals surface area contributed by atoms with Crippen LogP contribution in [0.3, 0.4) is 0 Å². The minimum Gasteiger partial charge on any atom is -0.481 e. The number of rotatable bonds is 2. The summed E-state index contributed by atoms with van der Waals surface area (Å²) >= 11 is 1.42. The molecule has 1 fully saturated rings. The van der Waals surface area contributed by atoms with Crippen molar-refractivity contribution in [3.8, 4) is 0 Å². The molecule has 2 aliphatic rings. The van der Waals surface area contributed by atoms with Crippen LogP contribution in [-0.4, -0.2) is 27.4 Å². The molecule has 1 aliphatic carbocycles. The van der Waals surface area contributed by atoms with Crippen molar-refractivity contribution in [3.63, 3.8) is 0 Å².